The quantitative estimate of drug-likeness (QED) is 0.786. The predicted molar refractivity (Wildman–Crippen MR) is 85.9 cm³/mol. The van der Waals surface area contributed by atoms with E-state index in [-0.39, 0.29) is 30.0 Å². The molecule has 0 spiro atoms. The Morgan fingerprint density at radius 2 is 2.23 bits per heavy atom. The topological polar surface area (TPSA) is 84.5 Å². The summed E-state index contributed by atoms with van der Waals surface area (Å²) in [5, 5.41) is 5.76. The summed E-state index contributed by atoms with van der Waals surface area (Å²) in [4.78, 5) is 11.8. The summed E-state index contributed by atoms with van der Waals surface area (Å²) in [6.45, 7) is 2.80. The zero-order chi connectivity index (χ0) is 16.0. The number of hydrogen-bond acceptors (Lipinski definition) is 5. The minimum atomic E-state index is -2.97. The van der Waals surface area contributed by atoms with Crippen molar-refractivity contribution >= 4 is 21.4 Å². The first-order valence-electron chi connectivity index (χ1n) is 7.45. The Morgan fingerprint density at radius 1 is 1.41 bits per heavy atom. The molecule has 1 aliphatic heterocycles. The molecule has 1 amide bonds. The van der Waals surface area contributed by atoms with Crippen molar-refractivity contribution in [2.24, 2.45) is 0 Å². The maximum absolute atomic E-state index is 11.8. The molecule has 1 aromatic carbocycles. The van der Waals surface area contributed by atoms with E-state index in [1.54, 1.807) is 0 Å². The molecule has 6 nitrogen and oxygen atoms in total. The van der Waals surface area contributed by atoms with Gasteiger partial charge in [0.05, 0.1) is 24.7 Å². The summed E-state index contributed by atoms with van der Waals surface area (Å²) in [6.07, 6.45) is 1.43. The van der Waals surface area contributed by atoms with Crippen molar-refractivity contribution in [3.8, 4) is 5.75 Å². The highest BCUT2D eigenvalue weighted by Gasteiger charge is 2.28. The molecular formula is C15H22N2O4S. The zero-order valence-electron chi connectivity index (χ0n) is 12.7. The molecule has 1 saturated heterocycles. The van der Waals surface area contributed by atoms with Crippen molar-refractivity contribution in [2.75, 3.05) is 30.0 Å². The van der Waals surface area contributed by atoms with E-state index in [0.717, 1.165) is 17.9 Å². The standard InChI is InChI=1S/C15H22N2O4S/c1-2-7-21-14-5-3-4-12(9-14)16-10-15(18)17-13-6-8-22(19,20)11-13/h3-5,9,13,16H,2,6-8,10-11H2,1H3,(H,17,18). The number of anilines is 1. The van der Waals surface area contributed by atoms with Crippen LogP contribution in [0.15, 0.2) is 24.3 Å². The van der Waals surface area contributed by atoms with Crippen molar-refractivity contribution in [1.29, 1.82) is 0 Å². The van der Waals surface area contributed by atoms with Crippen molar-refractivity contribution in [3.63, 3.8) is 0 Å². The van der Waals surface area contributed by atoms with Crippen LogP contribution in [0, 0.1) is 0 Å². The molecule has 1 atom stereocenters. The average Bonchev–Trinajstić information content (AvgIpc) is 2.82. The predicted octanol–water partition coefficient (Wildman–Crippen LogP) is 1.19. The van der Waals surface area contributed by atoms with Crippen LogP contribution >= 0.6 is 0 Å². The summed E-state index contributed by atoms with van der Waals surface area (Å²) in [5.41, 5.74) is 0.794. The van der Waals surface area contributed by atoms with Gasteiger partial charge in [-0.1, -0.05) is 13.0 Å². The molecule has 0 bridgehead atoms. The van der Waals surface area contributed by atoms with Gasteiger partial charge in [0.2, 0.25) is 5.91 Å². The van der Waals surface area contributed by atoms with Gasteiger partial charge in [-0.05, 0) is 25.0 Å². The first-order valence-corrected chi connectivity index (χ1v) is 9.27. The van der Waals surface area contributed by atoms with Crippen LogP contribution < -0.4 is 15.4 Å². The molecule has 122 valence electrons. The highest BCUT2D eigenvalue weighted by molar-refractivity contribution is 7.91. The molecule has 2 N–H and O–H groups in total. The number of benzene rings is 1. The Kier molecular flexibility index (Phi) is 5.65. The molecule has 1 aromatic rings. The Hall–Kier alpha value is -1.76. The maximum atomic E-state index is 11.8. The summed E-state index contributed by atoms with van der Waals surface area (Å²) in [7, 11) is -2.97. The van der Waals surface area contributed by atoms with Crippen LogP contribution in [0.4, 0.5) is 5.69 Å². The summed E-state index contributed by atoms with van der Waals surface area (Å²) >= 11 is 0. The highest BCUT2D eigenvalue weighted by atomic mass is 32.2. The second-order valence-electron chi connectivity index (χ2n) is 5.40. The van der Waals surface area contributed by atoms with Gasteiger partial charge in [0.25, 0.3) is 0 Å². The van der Waals surface area contributed by atoms with E-state index in [9.17, 15) is 13.2 Å². The lowest BCUT2D eigenvalue weighted by molar-refractivity contribution is -0.119. The lowest BCUT2D eigenvalue weighted by atomic mass is 10.2. The molecule has 0 radical (unpaired) electrons. The molecule has 1 heterocycles. The second kappa shape index (κ2) is 7.49. The van der Waals surface area contributed by atoms with Gasteiger partial charge >= 0.3 is 0 Å². The molecule has 0 aromatic heterocycles. The maximum Gasteiger partial charge on any atom is 0.239 e. The van der Waals surface area contributed by atoms with Gasteiger partial charge in [0.1, 0.15) is 5.75 Å². The van der Waals surface area contributed by atoms with Crippen LogP contribution in [0.25, 0.3) is 0 Å². The fourth-order valence-electron chi connectivity index (χ4n) is 2.29. The van der Waals surface area contributed by atoms with Crippen molar-refractivity contribution in [2.45, 2.75) is 25.8 Å². The second-order valence-corrected chi connectivity index (χ2v) is 7.63. The van der Waals surface area contributed by atoms with E-state index < -0.39 is 9.84 Å². The number of amides is 1. The van der Waals surface area contributed by atoms with Gasteiger partial charge in [0, 0.05) is 17.8 Å². The third kappa shape index (κ3) is 5.22. The van der Waals surface area contributed by atoms with Gasteiger partial charge in [-0.25, -0.2) is 8.42 Å². The third-order valence-electron chi connectivity index (χ3n) is 3.36. The summed E-state index contributed by atoms with van der Waals surface area (Å²) in [6, 6.07) is 7.15. The van der Waals surface area contributed by atoms with Gasteiger partial charge in [-0.2, -0.15) is 0 Å². The Balaban J connectivity index is 1.78. The van der Waals surface area contributed by atoms with E-state index in [1.807, 2.05) is 31.2 Å². The SMILES string of the molecule is CCCOc1cccc(NCC(=O)NC2CCS(=O)(=O)C2)c1. The molecule has 1 fully saturated rings. The number of rotatable bonds is 7. The molecule has 2 rings (SSSR count). The van der Waals surface area contributed by atoms with Crippen LogP contribution in [0.1, 0.15) is 19.8 Å². The number of carbonyl (C=O) groups excluding carboxylic acids is 1. The average molecular weight is 326 g/mol. The Bertz CT molecular complexity index is 616. The van der Waals surface area contributed by atoms with E-state index >= 15 is 0 Å². The normalized spacial score (nSPS) is 19.6. The van der Waals surface area contributed by atoms with Crippen molar-refractivity contribution in [3.05, 3.63) is 24.3 Å². The first kappa shape index (κ1) is 16.6. The van der Waals surface area contributed by atoms with Gasteiger partial charge in [-0.15, -0.1) is 0 Å². The Morgan fingerprint density at radius 3 is 2.91 bits per heavy atom. The molecule has 0 saturated carbocycles. The number of sulfone groups is 1. The lowest BCUT2D eigenvalue weighted by Crippen LogP contribution is -2.39. The van der Waals surface area contributed by atoms with Crippen LogP contribution in [0.2, 0.25) is 0 Å². The summed E-state index contributed by atoms with van der Waals surface area (Å²) in [5.74, 6) is 0.748. The fraction of sp³-hybridized carbons (Fsp3) is 0.533. The van der Waals surface area contributed by atoms with Crippen LogP contribution in [-0.4, -0.2) is 45.0 Å². The van der Waals surface area contributed by atoms with Crippen molar-refractivity contribution in [1.82, 2.24) is 5.32 Å². The number of nitrogens with one attached hydrogen (secondary N) is 2. The lowest BCUT2D eigenvalue weighted by Gasteiger charge is -2.12. The smallest absolute Gasteiger partial charge is 0.239 e. The first-order chi connectivity index (χ1) is 10.5. The monoisotopic (exact) mass is 326 g/mol. The number of hydrogen-bond donors (Lipinski definition) is 2. The van der Waals surface area contributed by atoms with Crippen molar-refractivity contribution < 1.29 is 17.9 Å². The van der Waals surface area contributed by atoms with E-state index in [1.165, 1.54) is 0 Å². The van der Waals surface area contributed by atoms with Gasteiger partial charge < -0.3 is 15.4 Å². The van der Waals surface area contributed by atoms with Crippen LogP contribution in [0.3, 0.4) is 0 Å². The molecule has 22 heavy (non-hydrogen) atoms. The zero-order valence-corrected chi connectivity index (χ0v) is 13.5. The van der Waals surface area contributed by atoms with Gasteiger partial charge in [-0.3, -0.25) is 4.79 Å². The van der Waals surface area contributed by atoms with E-state index in [0.29, 0.717) is 13.0 Å². The van der Waals surface area contributed by atoms with E-state index in [2.05, 4.69) is 10.6 Å². The molecule has 1 unspecified atom stereocenters. The number of ether oxygens (including phenoxy) is 1. The minimum absolute atomic E-state index is 0.0408. The van der Waals surface area contributed by atoms with Crippen LogP contribution in [-0.2, 0) is 14.6 Å². The minimum Gasteiger partial charge on any atom is -0.494 e. The molecule has 1 aliphatic rings. The fourth-order valence-corrected chi connectivity index (χ4v) is 3.96. The van der Waals surface area contributed by atoms with E-state index in [4.69, 9.17) is 4.74 Å². The largest absolute Gasteiger partial charge is 0.494 e. The highest BCUT2D eigenvalue weighted by Crippen LogP contribution is 2.17. The summed E-state index contributed by atoms with van der Waals surface area (Å²) < 4.78 is 28.2. The molecular weight excluding hydrogens is 304 g/mol. The third-order valence-corrected chi connectivity index (χ3v) is 5.13. The number of carbonyl (C=O) groups is 1. The molecule has 0 aliphatic carbocycles. The molecule has 7 heteroatoms. The van der Waals surface area contributed by atoms with Crippen LogP contribution in [0.5, 0.6) is 5.75 Å². The Labute approximate surface area is 131 Å². The van der Waals surface area contributed by atoms with Gasteiger partial charge in [0.15, 0.2) is 9.84 Å².